The lowest BCUT2D eigenvalue weighted by molar-refractivity contribution is -0.138. The molecule has 122 valence electrons. The summed E-state index contributed by atoms with van der Waals surface area (Å²) >= 11 is 0. The maximum Gasteiger partial charge on any atom is 0.338 e. The Kier molecular flexibility index (Phi) is 4.52. The second-order valence-electron chi connectivity index (χ2n) is 5.18. The molecule has 0 spiro atoms. The largest absolute Gasteiger partial charge is 0.452 e. The van der Waals surface area contributed by atoms with E-state index < -0.39 is 5.97 Å². The van der Waals surface area contributed by atoms with Crippen LogP contribution in [0.2, 0.25) is 0 Å². The zero-order valence-electron chi connectivity index (χ0n) is 12.9. The van der Waals surface area contributed by atoms with Crippen LogP contribution in [0.25, 0.3) is 11.0 Å². The van der Waals surface area contributed by atoms with Gasteiger partial charge in [0.15, 0.2) is 6.61 Å². The van der Waals surface area contributed by atoms with Crippen LogP contribution in [0.4, 0.5) is 0 Å². The van der Waals surface area contributed by atoms with E-state index in [1.165, 1.54) is 0 Å². The molecule has 2 heterocycles. The van der Waals surface area contributed by atoms with Crippen molar-refractivity contribution in [1.29, 1.82) is 0 Å². The van der Waals surface area contributed by atoms with Crippen LogP contribution in [0.3, 0.4) is 0 Å². The van der Waals surface area contributed by atoms with Crippen LogP contribution in [-0.4, -0.2) is 64.7 Å². The van der Waals surface area contributed by atoms with E-state index in [9.17, 15) is 9.59 Å². The molecule has 8 heteroatoms. The number of hydrogen-bond acceptors (Lipinski definition) is 6. The van der Waals surface area contributed by atoms with Crippen molar-refractivity contribution in [2.45, 2.75) is 13.5 Å². The number of carbonyl (C=O) groups is 2. The summed E-state index contributed by atoms with van der Waals surface area (Å²) in [6.07, 6.45) is 0. The summed E-state index contributed by atoms with van der Waals surface area (Å²) in [5, 5.41) is 8.01. The predicted octanol–water partition coefficient (Wildman–Crippen LogP) is 0.467. The molecule has 0 unspecified atom stereocenters. The molecule has 0 saturated carbocycles. The highest BCUT2D eigenvalue weighted by molar-refractivity contribution is 5.94. The van der Waals surface area contributed by atoms with E-state index in [4.69, 9.17) is 9.47 Å². The zero-order valence-corrected chi connectivity index (χ0v) is 12.9. The van der Waals surface area contributed by atoms with Gasteiger partial charge < -0.3 is 14.4 Å². The van der Waals surface area contributed by atoms with E-state index >= 15 is 0 Å². The number of carbonyl (C=O) groups excluding carboxylic acids is 2. The summed E-state index contributed by atoms with van der Waals surface area (Å²) in [4.78, 5) is 25.7. The van der Waals surface area contributed by atoms with Gasteiger partial charge in [0, 0.05) is 19.6 Å². The summed E-state index contributed by atoms with van der Waals surface area (Å²) in [7, 11) is 0. The highest BCUT2D eigenvalue weighted by atomic mass is 16.5. The number of nitrogens with zero attached hydrogens (tertiary/aromatic N) is 4. The summed E-state index contributed by atoms with van der Waals surface area (Å²) in [5.74, 6) is -0.751. The fourth-order valence-electron chi connectivity index (χ4n) is 2.45. The Bertz CT molecular complexity index is 721. The minimum absolute atomic E-state index is 0.209. The quantitative estimate of drug-likeness (QED) is 0.762. The second-order valence-corrected chi connectivity index (χ2v) is 5.18. The molecule has 0 N–H and O–H groups in total. The van der Waals surface area contributed by atoms with Crippen molar-refractivity contribution < 1.29 is 19.1 Å². The topological polar surface area (TPSA) is 86.6 Å². The van der Waals surface area contributed by atoms with Gasteiger partial charge in [0.1, 0.15) is 5.52 Å². The van der Waals surface area contributed by atoms with Crippen LogP contribution >= 0.6 is 0 Å². The van der Waals surface area contributed by atoms with Gasteiger partial charge in [0.05, 0.1) is 24.3 Å². The maximum absolute atomic E-state index is 12.1. The second kappa shape index (κ2) is 6.74. The van der Waals surface area contributed by atoms with Crippen LogP contribution in [0.15, 0.2) is 18.2 Å². The Morgan fingerprint density at radius 2 is 2.09 bits per heavy atom. The van der Waals surface area contributed by atoms with Crippen molar-refractivity contribution in [3.8, 4) is 0 Å². The van der Waals surface area contributed by atoms with Gasteiger partial charge in [-0.05, 0) is 25.1 Å². The maximum atomic E-state index is 12.1. The highest BCUT2D eigenvalue weighted by Crippen LogP contribution is 2.14. The molecule has 0 bridgehead atoms. The first-order chi connectivity index (χ1) is 11.2. The molecule has 1 aromatic heterocycles. The Morgan fingerprint density at radius 3 is 2.83 bits per heavy atom. The molecule has 2 aromatic rings. The van der Waals surface area contributed by atoms with E-state index in [2.05, 4.69) is 10.3 Å². The molecule has 0 radical (unpaired) electrons. The van der Waals surface area contributed by atoms with E-state index in [1.807, 2.05) is 6.92 Å². The van der Waals surface area contributed by atoms with Crippen molar-refractivity contribution in [1.82, 2.24) is 19.9 Å². The van der Waals surface area contributed by atoms with Crippen LogP contribution in [0.5, 0.6) is 0 Å². The van der Waals surface area contributed by atoms with Gasteiger partial charge in [-0.25, -0.2) is 9.48 Å². The van der Waals surface area contributed by atoms with E-state index in [1.54, 1.807) is 27.8 Å². The number of rotatable bonds is 4. The molecule has 8 nitrogen and oxygen atoms in total. The van der Waals surface area contributed by atoms with Crippen LogP contribution in [-0.2, 0) is 20.8 Å². The van der Waals surface area contributed by atoms with Gasteiger partial charge in [-0.2, -0.15) is 0 Å². The number of benzene rings is 1. The minimum Gasteiger partial charge on any atom is -0.452 e. The first-order valence-electron chi connectivity index (χ1n) is 7.55. The molecular weight excluding hydrogens is 300 g/mol. The number of aryl methyl sites for hydroxylation is 1. The zero-order chi connectivity index (χ0) is 16.2. The fourth-order valence-corrected chi connectivity index (χ4v) is 2.45. The Labute approximate surface area is 132 Å². The average molecular weight is 318 g/mol. The van der Waals surface area contributed by atoms with Gasteiger partial charge in [-0.1, -0.05) is 5.21 Å². The van der Waals surface area contributed by atoms with Crippen molar-refractivity contribution >= 4 is 22.9 Å². The number of esters is 1. The summed E-state index contributed by atoms with van der Waals surface area (Å²) in [6.45, 7) is 4.50. The normalized spacial score (nSPS) is 14.9. The SMILES string of the molecule is CCn1nnc2cc(C(=O)OCC(=O)N3CCOCC3)ccc21. The minimum atomic E-state index is -0.542. The van der Waals surface area contributed by atoms with Gasteiger partial charge in [0.25, 0.3) is 5.91 Å². The molecular formula is C15H18N4O4. The van der Waals surface area contributed by atoms with Crippen LogP contribution in [0, 0.1) is 0 Å². The lowest BCUT2D eigenvalue weighted by Gasteiger charge is -2.26. The molecule has 1 aromatic carbocycles. The van der Waals surface area contributed by atoms with Crippen LogP contribution < -0.4 is 0 Å². The number of morpholine rings is 1. The molecule has 1 fully saturated rings. The first kappa shape index (κ1) is 15.4. The van der Waals surface area contributed by atoms with E-state index in [0.717, 1.165) is 5.52 Å². The molecule has 1 amide bonds. The smallest absolute Gasteiger partial charge is 0.338 e. The number of hydrogen-bond donors (Lipinski definition) is 0. The number of ether oxygens (including phenoxy) is 2. The molecule has 1 aliphatic heterocycles. The number of amides is 1. The molecule has 3 rings (SSSR count). The summed E-state index contributed by atoms with van der Waals surface area (Å²) in [5.41, 5.74) is 1.84. The Morgan fingerprint density at radius 1 is 1.30 bits per heavy atom. The van der Waals surface area contributed by atoms with Crippen molar-refractivity contribution in [3.63, 3.8) is 0 Å². The van der Waals surface area contributed by atoms with Gasteiger partial charge in [0.2, 0.25) is 0 Å². The van der Waals surface area contributed by atoms with Crippen molar-refractivity contribution in [3.05, 3.63) is 23.8 Å². The molecule has 0 aliphatic carbocycles. The Hall–Kier alpha value is -2.48. The average Bonchev–Trinajstić information content (AvgIpc) is 3.02. The van der Waals surface area contributed by atoms with Gasteiger partial charge >= 0.3 is 5.97 Å². The molecule has 1 aliphatic rings. The van der Waals surface area contributed by atoms with Crippen LogP contribution in [0.1, 0.15) is 17.3 Å². The Balaban J connectivity index is 1.62. The molecule has 23 heavy (non-hydrogen) atoms. The summed E-state index contributed by atoms with van der Waals surface area (Å²) in [6, 6.07) is 5.05. The molecule has 0 atom stereocenters. The third-order valence-corrected chi connectivity index (χ3v) is 3.74. The third-order valence-electron chi connectivity index (χ3n) is 3.74. The van der Waals surface area contributed by atoms with Gasteiger partial charge in [-0.15, -0.1) is 5.10 Å². The number of aromatic nitrogens is 3. The monoisotopic (exact) mass is 318 g/mol. The van der Waals surface area contributed by atoms with E-state index in [0.29, 0.717) is 43.9 Å². The van der Waals surface area contributed by atoms with E-state index in [-0.39, 0.29) is 12.5 Å². The predicted molar refractivity (Wildman–Crippen MR) is 80.9 cm³/mol. The first-order valence-corrected chi connectivity index (χ1v) is 7.55. The fraction of sp³-hybridized carbons (Fsp3) is 0.467. The van der Waals surface area contributed by atoms with Crippen molar-refractivity contribution in [2.75, 3.05) is 32.9 Å². The van der Waals surface area contributed by atoms with Crippen molar-refractivity contribution in [2.24, 2.45) is 0 Å². The summed E-state index contributed by atoms with van der Waals surface area (Å²) < 4.78 is 12.0. The van der Waals surface area contributed by atoms with Gasteiger partial charge in [-0.3, -0.25) is 4.79 Å². The third kappa shape index (κ3) is 3.31. The molecule has 1 saturated heterocycles. The number of fused-ring (bicyclic) bond motifs is 1. The lowest BCUT2D eigenvalue weighted by atomic mass is 10.2. The lowest BCUT2D eigenvalue weighted by Crippen LogP contribution is -2.42. The standard InChI is InChI=1S/C15H18N4O4/c1-2-19-13-4-3-11(9-12(13)16-17-19)15(21)23-10-14(20)18-5-7-22-8-6-18/h3-4,9H,2,5-8,10H2,1H3. The highest BCUT2D eigenvalue weighted by Gasteiger charge is 2.19.